The number of carbonyl (C=O) groups is 2. The molecule has 2 fully saturated rings. The molecule has 0 aromatic carbocycles. The first-order chi connectivity index (χ1) is 21.4. The SMILES string of the molecule is CCc1c(-c2ccc(NC(=O)[C@@H](NC(=O)c3conc3C(C)C)C(C3CC3)C3CC3)nc2F)c(C)nn1COCC[Si](C)(C)C. The Morgan fingerprint density at radius 3 is 2.42 bits per heavy atom. The van der Waals surface area contributed by atoms with Gasteiger partial charge in [0.15, 0.2) is 0 Å². The van der Waals surface area contributed by atoms with Crippen LogP contribution in [0.5, 0.6) is 0 Å². The zero-order chi connectivity index (χ0) is 32.5. The number of nitrogens with one attached hydrogen (secondary N) is 2. The second-order valence-electron chi connectivity index (χ2n) is 14.1. The fourth-order valence-electron chi connectivity index (χ4n) is 6.15. The van der Waals surface area contributed by atoms with Crippen LogP contribution in [-0.4, -0.2) is 52.5 Å². The highest BCUT2D eigenvalue weighted by Crippen LogP contribution is 2.51. The molecule has 5 rings (SSSR count). The number of hydrogen-bond donors (Lipinski definition) is 2. The van der Waals surface area contributed by atoms with Crippen molar-refractivity contribution in [1.29, 1.82) is 0 Å². The van der Waals surface area contributed by atoms with Crippen LogP contribution < -0.4 is 10.6 Å². The summed E-state index contributed by atoms with van der Waals surface area (Å²) in [6, 6.07) is 3.51. The molecule has 244 valence electrons. The summed E-state index contributed by atoms with van der Waals surface area (Å²) in [5.41, 5.74) is 3.44. The molecule has 0 unspecified atom stereocenters. The highest BCUT2D eigenvalue weighted by atomic mass is 28.3. The quantitative estimate of drug-likeness (QED) is 0.110. The predicted octanol–water partition coefficient (Wildman–Crippen LogP) is 6.55. The molecule has 12 heteroatoms. The molecular formula is C33H47FN6O4Si. The number of hydrogen-bond acceptors (Lipinski definition) is 7. The number of carbonyl (C=O) groups excluding carboxylic acids is 2. The molecule has 2 saturated carbocycles. The zero-order valence-electron chi connectivity index (χ0n) is 27.6. The Hall–Kier alpha value is -3.38. The Bertz CT molecular complexity index is 1510. The van der Waals surface area contributed by atoms with E-state index >= 15 is 4.39 Å². The number of anilines is 1. The van der Waals surface area contributed by atoms with Crippen molar-refractivity contribution in [3.05, 3.63) is 47.0 Å². The molecule has 2 amide bonds. The van der Waals surface area contributed by atoms with Gasteiger partial charge in [-0.3, -0.25) is 9.59 Å². The Morgan fingerprint density at radius 2 is 1.84 bits per heavy atom. The van der Waals surface area contributed by atoms with Crippen molar-refractivity contribution >= 4 is 25.7 Å². The standard InChI is InChI=1S/C33H47FN6O4Si/c1-8-25-27(20(4)38-40(25)18-43-15-16-45(5,6)7)23-13-14-26(35-31(23)34)36-33(42)30(28(21-9-10-21)22-11-12-22)37-32(41)24-17-44-39-29(24)19(2)3/h13-14,17,19,21-22,28,30H,8-12,15-16,18H2,1-7H3,(H,37,41)(H,35,36,42)/t30-/m0/s1. The Balaban J connectivity index is 1.34. The number of amides is 2. The monoisotopic (exact) mass is 638 g/mol. The predicted molar refractivity (Wildman–Crippen MR) is 173 cm³/mol. The maximum Gasteiger partial charge on any atom is 0.257 e. The van der Waals surface area contributed by atoms with Crippen LogP contribution in [0.4, 0.5) is 10.2 Å². The maximum atomic E-state index is 15.7. The van der Waals surface area contributed by atoms with Crippen molar-refractivity contribution in [3.63, 3.8) is 0 Å². The van der Waals surface area contributed by atoms with E-state index in [9.17, 15) is 9.59 Å². The van der Waals surface area contributed by atoms with Crippen LogP contribution in [0.3, 0.4) is 0 Å². The fourth-order valence-corrected chi connectivity index (χ4v) is 6.90. The van der Waals surface area contributed by atoms with Crippen molar-refractivity contribution in [2.75, 3.05) is 11.9 Å². The maximum absolute atomic E-state index is 15.7. The lowest BCUT2D eigenvalue weighted by Crippen LogP contribution is -2.50. The molecular weight excluding hydrogens is 591 g/mol. The number of pyridine rings is 1. The smallest absolute Gasteiger partial charge is 0.257 e. The van der Waals surface area contributed by atoms with Gasteiger partial charge in [-0.05, 0) is 80.9 Å². The van der Waals surface area contributed by atoms with E-state index in [1.165, 1.54) is 6.26 Å². The van der Waals surface area contributed by atoms with Crippen LogP contribution in [0.15, 0.2) is 22.9 Å². The summed E-state index contributed by atoms with van der Waals surface area (Å²) in [7, 11) is -1.22. The van der Waals surface area contributed by atoms with Gasteiger partial charge < -0.3 is 19.9 Å². The van der Waals surface area contributed by atoms with Crippen LogP contribution in [0.2, 0.25) is 25.7 Å². The summed E-state index contributed by atoms with van der Waals surface area (Å²) in [5, 5.41) is 14.4. The minimum absolute atomic E-state index is 0.00833. The van der Waals surface area contributed by atoms with Crippen molar-refractivity contribution in [2.24, 2.45) is 17.8 Å². The van der Waals surface area contributed by atoms with Gasteiger partial charge in [-0.2, -0.15) is 9.49 Å². The molecule has 3 heterocycles. The third-order valence-electron chi connectivity index (χ3n) is 8.82. The Kier molecular flexibility index (Phi) is 9.93. The van der Waals surface area contributed by atoms with E-state index in [4.69, 9.17) is 9.26 Å². The normalized spacial score (nSPS) is 16.0. The van der Waals surface area contributed by atoms with Crippen LogP contribution >= 0.6 is 0 Å². The highest BCUT2D eigenvalue weighted by Gasteiger charge is 2.48. The molecule has 2 aliphatic rings. The van der Waals surface area contributed by atoms with Gasteiger partial charge in [0.2, 0.25) is 11.9 Å². The van der Waals surface area contributed by atoms with Gasteiger partial charge >= 0.3 is 0 Å². The average Bonchev–Trinajstić information content (AvgIpc) is 3.90. The number of rotatable bonds is 15. The van der Waals surface area contributed by atoms with Gasteiger partial charge in [-0.25, -0.2) is 9.67 Å². The molecule has 1 atom stereocenters. The van der Waals surface area contributed by atoms with Crippen molar-refractivity contribution < 1.29 is 23.2 Å². The van der Waals surface area contributed by atoms with Gasteiger partial charge in [0.1, 0.15) is 30.4 Å². The average molecular weight is 639 g/mol. The molecule has 2 aliphatic carbocycles. The van der Waals surface area contributed by atoms with Gasteiger partial charge in [-0.15, -0.1) is 0 Å². The molecule has 0 saturated heterocycles. The van der Waals surface area contributed by atoms with Crippen LogP contribution in [-0.2, 0) is 22.7 Å². The minimum atomic E-state index is -1.22. The van der Waals surface area contributed by atoms with E-state index in [-0.39, 0.29) is 17.7 Å². The lowest BCUT2D eigenvalue weighted by molar-refractivity contribution is -0.119. The summed E-state index contributed by atoms with van der Waals surface area (Å²) in [5.74, 6) is -0.661. The molecule has 45 heavy (non-hydrogen) atoms. The minimum Gasteiger partial charge on any atom is -0.364 e. The first-order valence-corrected chi connectivity index (χ1v) is 20.0. The summed E-state index contributed by atoms with van der Waals surface area (Å²) in [6.45, 7) is 15.6. The third kappa shape index (κ3) is 7.89. The number of nitrogens with zero attached hydrogens (tertiary/aromatic N) is 4. The van der Waals surface area contributed by atoms with Gasteiger partial charge in [0, 0.05) is 31.5 Å². The second-order valence-corrected chi connectivity index (χ2v) is 19.7. The molecule has 2 N–H and O–H groups in total. The summed E-state index contributed by atoms with van der Waals surface area (Å²) in [6.07, 6.45) is 6.09. The van der Waals surface area contributed by atoms with Gasteiger partial charge in [-0.1, -0.05) is 45.6 Å². The topological polar surface area (TPSA) is 124 Å². The summed E-state index contributed by atoms with van der Waals surface area (Å²) < 4.78 is 28.5. The van der Waals surface area contributed by atoms with Crippen LogP contribution in [0.25, 0.3) is 11.1 Å². The lowest BCUT2D eigenvalue weighted by Gasteiger charge is -2.27. The zero-order valence-corrected chi connectivity index (χ0v) is 28.6. The van der Waals surface area contributed by atoms with Crippen molar-refractivity contribution in [2.45, 2.75) is 104 Å². The lowest BCUT2D eigenvalue weighted by atomic mass is 9.88. The Labute approximate surface area is 265 Å². The number of aryl methyl sites for hydroxylation is 1. The van der Waals surface area contributed by atoms with Crippen molar-refractivity contribution in [1.82, 2.24) is 25.2 Å². The van der Waals surface area contributed by atoms with E-state index in [2.05, 4.69) is 45.5 Å². The van der Waals surface area contributed by atoms with Crippen molar-refractivity contribution in [3.8, 4) is 11.1 Å². The molecule has 10 nitrogen and oxygen atoms in total. The number of ether oxygens (including phenoxy) is 1. The van der Waals surface area contributed by atoms with E-state index in [1.54, 1.807) is 16.8 Å². The molecule has 0 bridgehead atoms. The van der Waals surface area contributed by atoms with E-state index in [0.29, 0.717) is 59.7 Å². The second kappa shape index (κ2) is 13.5. The first-order valence-electron chi connectivity index (χ1n) is 16.2. The number of aromatic nitrogens is 4. The molecule has 3 aromatic rings. The van der Waals surface area contributed by atoms with Gasteiger partial charge in [0.25, 0.3) is 5.91 Å². The third-order valence-corrected chi connectivity index (χ3v) is 10.5. The molecule has 0 spiro atoms. The Morgan fingerprint density at radius 1 is 1.16 bits per heavy atom. The van der Waals surface area contributed by atoms with E-state index in [0.717, 1.165) is 37.4 Å². The molecule has 0 aliphatic heterocycles. The number of halogens is 1. The highest BCUT2D eigenvalue weighted by molar-refractivity contribution is 6.76. The largest absolute Gasteiger partial charge is 0.364 e. The van der Waals surface area contributed by atoms with E-state index in [1.807, 2.05) is 27.7 Å². The van der Waals surface area contributed by atoms with E-state index < -0.39 is 31.9 Å². The summed E-state index contributed by atoms with van der Waals surface area (Å²) in [4.78, 5) is 31.3. The molecule has 3 aromatic heterocycles. The first kappa shape index (κ1) is 33.0. The van der Waals surface area contributed by atoms with Crippen LogP contribution in [0, 0.1) is 30.6 Å². The summed E-state index contributed by atoms with van der Waals surface area (Å²) >= 11 is 0. The van der Waals surface area contributed by atoms with Crippen LogP contribution in [0.1, 0.15) is 79.8 Å². The fraction of sp³-hybridized carbons (Fsp3) is 0.606. The van der Waals surface area contributed by atoms with Gasteiger partial charge in [0.05, 0.1) is 11.4 Å². The molecule has 0 radical (unpaired) electrons.